The van der Waals surface area contributed by atoms with E-state index in [1.54, 1.807) is 64.3 Å². The molecule has 1 aliphatic rings. The molecule has 5 rings (SSSR count). The standard InChI is InChI=1S/C41H51N9O8/c1-24-20-29(36(51)42-18-19-43-40(56)58-41(2,3)4)13-16-31(24)32-21-26(8-17-34(32)57-5)22-33(46-37(52)28-9-6-25(7-10-28)23-44-39(54)55)38(53)45-30-14-11-27(12-15-30)35-47-49-50-48-35/h8,11-17,20-21,25,28,33,44H,6-7,9-10,18-19,22-23H2,1-5H3,(H,42,51)(H,43,56)(H,45,53)(H,46,52)(H,54,55)(H,47,48,49,50)/t25?,28?,33-/m0/s1. The Bertz CT molecular complexity index is 2060. The Hall–Kier alpha value is -6.52. The molecule has 0 saturated heterocycles. The molecule has 7 N–H and O–H groups in total. The minimum absolute atomic E-state index is 0.146. The number of aryl methyl sites for hydroxylation is 1. The van der Waals surface area contributed by atoms with Gasteiger partial charge in [-0.25, -0.2) is 9.59 Å². The van der Waals surface area contributed by atoms with Crippen LogP contribution in [0.5, 0.6) is 5.75 Å². The van der Waals surface area contributed by atoms with Crippen LogP contribution < -0.4 is 31.3 Å². The van der Waals surface area contributed by atoms with Gasteiger partial charge in [-0.2, -0.15) is 5.21 Å². The van der Waals surface area contributed by atoms with E-state index in [1.807, 2.05) is 31.2 Å². The largest absolute Gasteiger partial charge is 0.496 e. The number of ether oxygens (including phenoxy) is 2. The van der Waals surface area contributed by atoms with Gasteiger partial charge in [0.2, 0.25) is 17.6 Å². The number of aromatic amines is 1. The molecule has 3 aromatic carbocycles. The second-order valence-corrected chi connectivity index (χ2v) is 15.2. The van der Waals surface area contributed by atoms with E-state index in [2.05, 4.69) is 47.2 Å². The number of hydrogen-bond acceptors (Lipinski definition) is 10. The topological polar surface area (TPSA) is 239 Å². The van der Waals surface area contributed by atoms with Crippen molar-refractivity contribution in [3.05, 3.63) is 77.4 Å². The highest BCUT2D eigenvalue weighted by molar-refractivity contribution is 5.98. The molecule has 0 radical (unpaired) electrons. The lowest BCUT2D eigenvalue weighted by atomic mass is 9.81. The third-order valence-corrected chi connectivity index (χ3v) is 9.71. The molecule has 0 unspecified atom stereocenters. The zero-order valence-electron chi connectivity index (χ0n) is 33.3. The lowest BCUT2D eigenvalue weighted by molar-refractivity contribution is -0.130. The quantitative estimate of drug-likeness (QED) is 0.0803. The fourth-order valence-corrected chi connectivity index (χ4v) is 6.77. The summed E-state index contributed by atoms with van der Waals surface area (Å²) in [5.41, 5.74) is 4.13. The van der Waals surface area contributed by atoms with Crippen LogP contribution in [0.4, 0.5) is 15.3 Å². The van der Waals surface area contributed by atoms with Crippen LogP contribution in [0.1, 0.15) is 67.9 Å². The first kappa shape index (κ1) is 42.6. The van der Waals surface area contributed by atoms with Crippen molar-refractivity contribution in [2.45, 2.75) is 71.4 Å². The number of carbonyl (C=O) groups is 5. The molecule has 0 aliphatic heterocycles. The van der Waals surface area contributed by atoms with Crippen molar-refractivity contribution in [1.29, 1.82) is 0 Å². The van der Waals surface area contributed by atoms with Gasteiger partial charge < -0.3 is 41.2 Å². The number of hydrogen-bond donors (Lipinski definition) is 7. The number of aromatic nitrogens is 4. The normalized spacial score (nSPS) is 15.7. The van der Waals surface area contributed by atoms with Crippen molar-refractivity contribution in [2.24, 2.45) is 11.8 Å². The Labute approximate surface area is 336 Å². The highest BCUT2D eigenvalue weighted by atomic mass is 16.6. The van der Waals surface area contributed by atoms with Gasteiger partial charge in [-0.1, -0.05) is 12.1 Å². The van der Waals surface area contributed by atoms with Gasteiger partial charge in [0.05, 0.1) is 7.11 Å². The average Bonchev–Trinajstić information content (AvgIpc) is 3.73. The maximum atomic E-state index is 13.9. The monoisotopic (exact) mass is 797 g/mol. The minimum Gasteiger partial charge on any atom is -0.496 e. The van der Waals surface area contributed by atoms with E-state index < -0.39 is 29.7 Å². The molecular formula is C41H51N9O8. The SMILES string of the molecule is COc1ccc(C[C@H](NC(=O)C2CCC(CNC(=O)O)CC2)C(=O)Nc2ccc(-c3nn[nH]n3)cc2)cc1-c1ccc(C(=O)NCCNC(=O)OC(C)(C)C)cc1C. The van der Waals surface area contributed by atoms with Gasteiger partial charge in [0.15, 0.2) is 0 Å². The molecule has 0 spiro atoms. The Kier molecular flexibility index (Phi) is 14.4. The van der Waals surface area contributed by atoms with Gasteiger partial charge in [-0.15, -0.1) is 10.2 Å². The van der Waals surface area contributed by atoms with Crippen LogP contribution >= 0.6 is 0 Å². The molecule has 1 atom stereocenters. The molecule has 5 amide bonds. The van der Waals surface area contributed by atoms with E-state index in [4.69, 9.17) is 14.6 Å². The Morgan fingerprint density at radius 2 is 1.62 bits per heavy atom. The highest BCUT2D eigenvalue weighted by Crippen LogP contribution is 2.34. The van der Waals surface area contributed by atoms with Gasteiger partial charge in [0.1, 0.15) is 17.4 Å². The van der Waals surface area contributed by atoms with Crippen LogP contribution in [0, 0.1) is 18.8 Å². The zero-order valence-corrected chi connectivity index (χ0v) is 33.3. The van der Waals surface area contributed by atoms with E-state index in [-0.39, 0.29) is 43.2 Å². The summed E-state index contributed by atoms with van der Waals surface area (Å²) in [6, 6.07) is 16.9. The molecule has 308 valence electrons. The predicted molar refractivity (Wildman–Crippen MR) is 215 cm³/mol. The number of H-pyrrole nitrogens is 1. The first-order chi connectivity index (χ1) is 27.7. The van der Waals surface area contributed by atoms with Crippen LogP contribution in [0.3, 0.4) is 0 Å². The van der Waals surface area contributed by atoms with Crippen molar-refractivity contribution in [2.75, 3.05) is 32.1 Å². The first-order valence-corrected chi connectivity index (χ1v) is 19.1. The second-order valence-electron chi connectivity index (χ2n) is 15.2. The fraction of sp³-hybridized carbons (Fsp3) is 0.415. The van der Waals surface area contributed by atoms with Gasteiger partial charge >= 0.3 is 12.2 Å². The van der Waals surface area contributed by atoms with E-state index in [0.717, 1.165) is 22.3 Å². The van der Waals surface area contributed by atoms with Crippen LogP contribution in [-0.2, 0) is 20.7 Å². The lowest BCUT2D eigenvalue weighted by Gasteiger charge is -2.29. The highest BCUT2D eigenvalue weighted by Gasteiger charge is 2.30. The van der Waals surface area contributed by atoms with E-state index in [9.17, 15) is 24.0 Å². The van der Waals surface area contributed by atoms with Crippen molar-refractivity contribution >= 4 is 35.6 Å². The third-order valence-electron chi connectivity index (χ3n) is 9.71. The van der Waals surface area contributed by atoms with E-state index >= 15 is 0 Å². The third kappa shape index (κ3) is 12.2. The maximum Gasteiger partial charge on any atom is 0.407 e. The summed E-state index contributed by atoms with van der Waals surface area (Å²) in [6.07, 6.45) is 1.05. The zero-order chi connectivity index (χ0) is 41.8. The number of methoxy groups -OCH3 is 1. The van der Waals surface area contributed by atoms with Gasteiger partial charge in [0, 0.05) is 54.4 Å². The van der Waals surface area contributed by atoms with Crippen molar-refractivity contribution in [3.8, 4) is 28.3 Å². The minimum atomic E-state index is -1.07. The van der Waals surface area contributed by atoms with Crippen molar-refractivity contribution < 1.29 is 38.6 Å². The summed E-state index contributed by atoms with van der Waals surface area (Å²) in [5.74, 6) is -0.144. The number of amides is 5. The summed E-state index contributed by atoms with van der Waals surface area (Å²) in [6.45, 7) is 7.93. The van der Waals surface area contributed by atoms with Crippen molar-refractivity contribution in [1.82, 2.24) is 41.9 Å². The summed E-state index contributed by atoms with van der Waals surface area (Å²) in [7, 11) is 1.56. The van der Waals surface area contributed by atoms with Crippen LogP contribution in [0.15, 0.2) is 60.7 Å². The molecule has 4 aromatic rings. The number of nitrogens with one attached hydrogen (secondary N) is 6. The fourth-order valence-electron chi connectivity index (χ4n) is 6.77. The van der Waals surface area contributed by atoms with E-state index in [1.165, 1.54) is 0 Å². The Balaban J connectivity index is 1.30. The smallest absolute Gasteiger partial charge is 0.407 e. The number of carbonyl (C=O) groups excluding carboxylic acids is 4. The number of benzene rings is 3. The second kappa shape index (κ2) is 19.6. The molecule has 58 heavy (non-hydrogen) atoms. The molecule has 0 bridgehead atoms. The summed E-state index contributed by atoms with van der Waals surface area (Å²) in [5, 5.41) is 36.7. The number of carboxylic acid groups (broad SMARTS) is 1. The van der Waals surface area contributed by atoms with Crippen LogP contribution in [-0.4, -0.2) is 94.0 Å². The number of rotatable bonds is 15. The maximum absolute atomic E-state index is 13.9. The molecule has 1 aliphatic carbocycles. The average molecular weight is 798 g/mol. The molecule has 1 heterocycles. The van der Waals surface area contributed by atoms with Gasteiger partial charge in [0.25, 0.3) is 5.91 Å². The number of nitrogens with zero attached hydrogens (tertiary/aromatic N) is 3. The molecule has 17 nitrogen and oxygen atoms in total. The summed E-state index contributed by atoms with van der Waals surface area (Å²) in [4.78, 5) is 63.5. The molecule has 1 aromatic heterocycles. The van der Waals surface area contributed by atoms with Crippen LogP contribution in [0.25, 0.3) is 22.5 Å². The Morgan fingerprint density at radius 1 is 0.897 bits per heavy atom. The lowest BCUT2D eigenvalue weighted by Crippen LogP contribution is -2.48. The number of anilines is 1. The number of alkyl carbamates (subject to hydrolysis) is 1. The summed E-state index contributed by atoms with van der Waals surface area (Å²) >= 11 is 0. The molecular weight excluding hydrogens is 747 g/mol. The van der Waals surface area contributed by atoms with Gasteiger partial charge in [-0.3, -0.25) is 14.4 Å². The van der Waals surface area contributed by atoms with Gasteiger partial charge in [-0.05, 0) is 130 Å². The van der Waals surface area contributed by atoms with Crippen LogP contribution in [0.2, 0.25) is 0 Å². The van der Waals surface area contributed by atoms with Crippen molar-refractivity contribution in [3.63, 3.8) is 0 Å². The Morgan fingerprint density at radius 3 is 2.26 bits per heavy atom. The first-order valence-electron chi connectivity index (χ1n) is 19.1. The molecule has 17 heteroatoms. The summed E-state index contributed by atoms with van der Waals surface area (Å²) < 4.78 is 11.0. The molecule has 1 fully saturated rings. The molecule has 1 saturated carbocycles. The number of tetrazole rings is 1. The van der Waals surface area contributed by atoms with E-state index in [0.29, 0.717) is 60.6 Å². The predicted octanol–water partition coefficient (Wildman–Crippen LogP) is 4.85.